The van der Waals surface area contributed by atoms with Crippen LogP contribution in [0.25, 0.3) is 17.1 Å². The zero-order valence-electron chi connectivity index (χ0n) is 25.9. The number of nitrogens with two attached hydrogens (primary N) is 1. The SMILES string of the molecule is C[C@H]1Cn2c(c(C(=O)NCc3ccccc3-c3nccc(N)n3)n(-c3ccc(OC4CC4)cc3)c2=O)CN1C(=O)c1ccc(Br)c(Cl)c1. The molecule has 1 aliphatic carbocycles. The molecule has 3 heterocycles. The number of carbonyl (C=O) groups excluding carboxylic acids is 2. The number of imidazole rings is 1. The van der Waals surface area contributed by atoms with E-state index < -0.39 is 5.91 Å². The molecule has 244 valence electrons. The third-order valence-corrected chi connectivity index (χ3v) is 9.72. The number of carbonyl (C=O) groups is 2. The van der Waals surface area contributed by atoms with Crippen molar-refractivity contribution in [2.24, 2.45) is 0 Å². The van der Waals surface area contributed by atoms with Crippen LogP contribution < -0.4 is 21.5 Å². The van der Waals surface area contributed by atoms with Gasteiger partial charge in [-0.2, -0.15) is 0 Å². The van der Waals surface area contributed by atoms with E-state index in [1.165, 1.54) is 4.57 Å². The first-order valence-electron chi connectivity index (χ1n) is 15.5. The van der Waals surface area contributed by atoms with Gasteiger partial charge in [0.2, 0.25) is 0 Å². The molecule has 48 heavy (non-hydrogen) atoms. The third kappa shape index (κ3) is 6.20. The Labute approximate surface area is 289 Å². The fourth-order valence-corrected chi connectivity index (χ4v) is 6.29. The molecule has 1 aliphatic heterocycles. The van der Waals surface area contributed by atoms with Crippen LogP contribution in [0.1, 0.15) is 51.9 Å². The number of halogens is 2. The van der Waals surface area contributed by atoms with Crippen molar-refractivity contribution in [1.82, 2.24) is 29.3 Å². The van der Waals surface area contributed by atoms with Gasteiger partial charge in [-0.15, -0.1) is 0 Å². The van der Waals surface area contributed by atoms with E-state index >= 15 is 0 Å². The summed E-state index contributed by atoms with van der Waals surface area (Å²) in [4.78, 5) is 52.5. The maximum absolute atomic E-state index is 14.2. The Morgan fingerprint density at radius 1 is 1.08 bits per heavy atom. The Morgan fingerprint density at radius 2 is 1.85 bits per heavy atom. The number of rotatable bonds is 8. The maximum atomic E-state index is 14.2. The van der Waals surface area contributed by atoms with Gasteiger partial charge in [0.05, 0.1) is 29.1 Å². The first kappa shape index (κ1) is 31.6. The van der Waals surface area contributed by atoms with Gasteiger partial charge in [0.15, 0.2) is 5.82 Å². The summed E-state index contributed by atoms with van der Waals surface area (Å²) in [7, 11) is 0. The van der Waals surface area contributed by atoms with Gasteiger partial charge in [0.1, 0.15) is 17.3 Å². The average molecular weight is 729 g/mol. The second-order valence-electron chi connectivity index (χ2n) is 11.9. The lowest BCUT2D eigenvalue weighted by molar-refractivity contribution is 0.0610. The lowest BCUT2D eigenvalue weighted by atomic mass is 10.1. The molecule has 1 saturated carbocycles. The molecule has 3 aromatic carbocycles. The molecule has 0 bridgehead atoms. The van der Waals surface area contributed by atoms with Gasteiger partial charge in [-0.25, -0.2) is 14.8 Å². The van der Waals surface area contributed by atoms with Gasteiger partial charge in [0, 0.05) is 40.9 Å². The van der Waals surface area contributed by atoms with E-state index in [0.717, 1.165) is 18.4 Å². The molecule has 1 atom stereocenters. The first-order valence-corrected chi connectivity index (χ1v) is 16.7. The summed E-state index contributed by atoms with van der Waals surface area (Å²) in [6.45, 7) is 2.24. The van der Waals surface area contributed by atoms with Crippen molar-refractivity contribution < 1.29 is 14.3 Å². The predicted octanol–water partition coefficient (Wildman–Crippen LogP) is 5.61. The first-order chi connectivity index (χ1) is 23.2. The van der Waals surface area contributed by atoms with Crippen molar-refractivity contribution in [1.29, 1.82) is 0 Å². The van der Waals surface area contributed by atoms with Gasteiger partial charge < -0.3 is 20.7 Å². The number of ether oxygens (including phenoxy) is 1. The molecule has 0 unspecified atom stereocenters. The minimum absolute atomic E-state index is 0.0370. The van der Waals surface area contributed by atoms with Crippen LogP contribution in [0.4, 0.5) is 5.82 Å². The Hall–Kier alpha value is -4.94. The van der Waals surface area contributed by atoms with Gasteiger partial charge in [-0.3, -0.25) is 18.7 Å². The minimum atomic E-state index is -0.476. The summed E-state index contributed by atoms with van der Waals surface area (Å²) in [5, 5.41) is 3.42. The number of nitrogens with zero attached hydrogens (tertiary/aromatic N) is 5. The van der Waals surface area contributed by atoms with Gasteiger partial charge in [0.25, 0.3) is 11.8 Å². The molecule has 0 spiro atoms. The number of fused-ring (bicyclic) bond motifs is 1. The van der Waals surface area contributed by atoms with Crippen LogP contribution in [-0.4, -0.2) is 48.0 Å². The van der Waals surface area contributed by atoms with E-state index in [1.54, 1.807) is 64.2 Å². The van der Waals surface area contributed by atoms with E-state index in [1.807, 2.05) is 31.2 Å². The normalized spacial score (nSPS) is 15.6. The number of nitrogen functional groups attached to an aromatic ring is 1. The molecule has 7 rings (SSSR count). The number of hydrogen-bond donors (Lipinski definition) is 2. The highest BCUT2D eigenvalue weighted by atomic mass is 79.9. The van der Waals surface area contributed by atoms with Crippen LogP contribution >= 0.6 is 27.5 Å². The molecule has 3 N–H and O–H groups in total. The van der Waals surface area contributed by atoms with Gasteiger partial charge >= 0.3 is 5.69 Å². The Bertz CT molecular complexity index is 2110. The summed E-state index contributed by atoms with van der Waals surface area (Å²) in [6, 6.07) is 20.9. The molecule has 0 radical (unpaired) electrons. The molecular weight excluding hydrogens is 698 g/mol. The number of aromatic nitrogens is 4. The van der Waals surface area contributed by atoms with E-state index in [9.17, 15) is 14.4 Å². The van der Waals surface area contributed by atoms with E-state index in [2.05, 4.69) is 31.2 Å². The van der Waals surface area contributed by atoms with Crippen LogP contribution in [0.15, 0.2) is 88.3 Å². The van der Waals surface area contributed by atoms with Crippen LogP contribution in [0.5, 0.6) is 5.75 Å². The van der Waals surface area contributed by atoms with Crippen molar-refractivity contribution in [2.45, 2.75) is 51.5 Å². The van der Waals surface area contributed by atoms with Gasteiger partial charge in [-0.05, 0) is 89.8 Å². The van der Waals surface area contributed by atoms with Crippen molar-refractivity contribution in [2.75, 3.05) is 5.73 Å². The smallest absolute Gasteiger partial charge is 0.333 e. The third-order valence-electron chi connectivity index (χ3n) is 8.48. The number of benzene rings is 3. The molecule has 2 aliphatic rings. The molecular formula is C35H31BrClN7O4. The predicted molar refractivity (Wildman–Crippen MR) is 185 cm³/mol. The number of amides is 2. The highest BCUT2D eigenvalue weighted by Gasteiger charge is 2.35. The molecule has 11 nitrogen and oxygen atoms in total. The zero-order valence-corrected chi connectivity index (χ0v) is 28.2. The molecule has 2 aromatic heterocycles. The summed E-state index contributed by atoms with van der Waals surface area (Å²) in [5.74, 6) is 0.727. The van der Waals surface area contributed by atoms with Crippen molar-refractivity contribution in [3.05, 3.63) is 121 Å². The fourth-order valence-electron chi connectivity index (χ4n) is 5.86. The molecule has 1 fully saturated rings. The second kappa shape index (κ2) is 12.9. The van der Waals surface area contributed by atoms with Crippen molar-refractivity contribution >= 4 is 45.2 Å². The van der Waals surface area contributed by atoms with Crippen molar-refractivity contribution in [3.8, 4) is 22.8 Å². The van der Waals surface area contributed by atoms with E-state index in [0.29, 0.717) is 49.4 Å². The van der Waals surface area contributed by atoms with Gasteiger partial charge in [-0.1, -0.05) is 35.9 Å². The van der Waals surface area contributed by atoms with Crippen LogP contribution in [0.2, 0.25) is 5.02 Å². The highest BCUT2D eigenvalue weighted by Crippen LogP contribution is 2.30. The highest BCUT2D eigenvalue weighted by molar-refractivity contribution is 9.10. The summed E-state index contributed by atoms with van der Waals surface area (Å²) in [5.41, 5.74) is 8.51. The largest absolute Gasteiger partial charge is 0.490 e. The lowest BCUT2D eigenvalue weighted by Gasteiger charge is -2.34. The summed E-state index contributed by atoms with van der Waals surface area (Å²) in [6.07, 6.45) is 3.83. The van der Waals surface area contributed by atoms with E-state index in [-0.39, 0.29) is 49.1 Å². The number of anilines is 1. The average Bonchev–Trinajstić information content (AvgIpc) is 3.86. The lowest BCUT2D eigenvalue weighted by Crippen LogP contribution is -2.47. The number of hydrogen-bond acceptors (Lipinski definition) is 7. The summed E-state index contributed by atoms with van der Waals surface area (Å²) < 4.78 is 9.59. The molecule has 2 amide bonds. The Morgan fingerprint density at radius 3 is 2.58 bits per heavy atom. The monoisotopic (exact) mass is 727 g/mol. The molecule has 0 saturated heterocycles. The Balaban J connectivity index is 1.26. The molecule has 5 aromatic rings. The van der Waals surface area contributed by atoms with E-state index in [4.69, 9.17) is 22.1 Å². The minimum Gasteiger partial charge on any atom is -0.490 e. The number of nitrogens with one attached hydrogen (secondary N) is 1. The van der Waals surface area contributed by atoms with Crippen LogP contribution in [0, 0.1) is 0 Å². The fraction of sp³-hybridized carbons (Fsp3) is 0.229. The van der Waals surface area contributed by atoms with Crippen LogP contribution in [0.3, 0.4) is 0 Å². The van der Waals surface area contributed by atoms with Crippen molar-refractivity contribution in [3.63, 3.8) is 0 Å². The summed E-state index contributed by atoms with van der Waals surface area (Å²) >= 11 is 9.69. The Kier molecular flexibility index (Phi) is 8.52. The second-order valence-corrected chi connectivity index (χ2v) is 13.2. The zero-order chi connectivity index (χ0) is 33.5. The standard InChI is InChI=1S/C35H31BrClN7O4/c1-20-18-43-29(19-42(20)34(46)21-6-13-27(36)28(37)16-21)31(44(35(43)47)23-7-9-24(10-8-23)48-25-11-12-25)33(45)40-17-22-4-2-3-5-26(22)32-39-15-14-30(38)41-32/h2-10,13-16,20,25H,11-12,17-19H2,1H3,(H,40,45)(H2,38,39,41)/t20-/m0/s1. The van der Waals surface area contributed by atoms with Crippen LogP contribution in [-0.2, 0) is 19.6 Å². The quantitative estimate of drug-likeness (QED) is 0.212. The topological polar surface area (TPSA) is 137 Å². The molecule has 13 heteroatoms. The maximum Gasteiger partial charge on any atom is 0.333 e.